The van der Waals surface area contributed by atoms with Gasteiger partial charge in [-0.25, -0.2) is 9.97 Å². The summed E-state index contributed by atoms with van der Waals surface area (Å²) in [6.45, 7) is 2.29. The first kappa shape index (κ1) is 19.7. The summed E-state index contributed by atoms with van der Waals surface area (Å²) in [4.78, 5) is 11.1. The molecule has 0 spiro atoms. The van der Waals surface area contributed by atoms with Gasteiger partial charge in [0.25, 0.3) is 0 Å². The van der Waals surface area contributed by atoms with Crippen molar-refractivity contribution in [3.63, 3.8) is 0 Å². The number of aliphatic hydroxyl groups excluding tert-OH is 1. The Kier molecular flexibility index (Phi) is 5.81. The van der Waals surface area contributed by atoms with Gasteiger partial charge in [0.1, 0.15) is 23.9 Å². The summed E-state index contributed by atoms with van der Waals surface area (Å²) in [5.74, 6) is 2.65. The Bertz CT molecular complexity index is 1100. The Morgan fingerprint density at radius 2 is 2.07 bits per heavy atom. The van der Waals surface area contributed by atoms with E-state index in [1.165, 1.54) is 0 Å². The van der Waals surface area contributed by atoms with E-state index in [0.717, 1.165) is 28.1 Å². The Morgan fingerprint density at radius 3 is 2.90 bits per heavy atom. The normalized spacial score (nSPS) is 15.8. The summed E-state index contributed by atoms with van der Waals surface area (Å²) in [6.07, 6.45) is 7.79. The molecule has 0 fully saturated rings. The van der Waals surface area contributed by atoms with E-state index in [0.29, 0.717) is 11.7 Å². The van der Waals surface area contributed by atoms with Gasteiger partial charge in [-0.15, -0.1) is 0 Å². The number of likely N-dealkylation sites (N-methyl/N-ethyl adjacent to an activating group) is 1. The number of anilines is 2. The van der Waals surface area contributed by atoms with Gasteiger partial charge in [0, 0.05) is 30.9 Å². The number of nitrogens with zero attached hydrogens (tertiary/aromatic N) is 3. The number of ether oxygens (including phenoxy) is 2. The molecule has 2 N–H and O–H groups in total. The molecule has 4 rings (SSSR count). The van der Waals surface area contributed by atoms with E-state index >= 15 is 0 Å². The van der Waals surface area contributed by atoms with Gasteiger partial charge in [-0.3, -0.25) is 0 Å². The van der Waals surface area contributed by atoms with E-state index in [1.54, 1.807) is 6.20 Å². The maximum absolute atomic E-state index is 8.99. The van der Waals surface area contributed by atoms with E-state index in [2.05, 4.69) is 33.2 Å². The molecule has 1 aliphatic rings. The minimum Gasteiger partial charge on any atom is -0.489 e. The van der Waals surface area contributed by atoms with Crippen LogP contribution in [0.2, 0.25) is 0 Å². The molecule has 154 valence electrons. The van der Waals surface area contributed by atoms with Gasteiger partial charge in [0.2, 0.25) is 5.95 Å². The number of fused-ring (bicyclic) bond motifs is 1. The third kappa shape index (κ3) is 4.52. The van der Waals surface area contributed by atoms with Crippen molar-refractivity contribution in [2.75, 3.05) is 25.6 Å². The van der Waals surface area contributed by atoms with Crippen LogP contribution in [0.3, 0.4) is 0 Å². The summed E-state index contributed by atoms with van der Waals surface area (Å²) in [5.41, 5.74) is 1.54. The minimum atomic E-state index is -0.0481. The van der Waals surface area contributed by atoms with Crippen molar-refractivity contribution in [3.8, 4) is 11.5 Å². The molecule has 1 atom stereocenters. The standard InChI is InChI=1S/C23H24N4O3/c1-16-13-19(9-10-27(16)2)30-18-7-8-20-17(14-18)15-24-23(25-20)26-21-5-3-4-6-22(21)29-12-11-28/h3-10,13-16,28H,11-12H2,1-2H3,(H,24,25,26). The molecule has 2 aromatic carbocycles. The number of benzene rings is 2. The third-order valence-corrected chi connectivity index (χ3v) is 4.79. The van der Waals surface area contributed by atoms with Crippen molar-refractivity contribution >= 4 is 22.5 Å². The van der Waals surface area contributed by atoms with E-state index in [-0.39, 0.29) is 19.3 Å². The molecule has 0 radical (unpaired) electrons. The monoisotopic (exact) mass is 404 g/mol. The SMILES string of the molecule is CC1C=C(Oc2ccc3nc(Nc4ccccc4OCCO)ncc3c2)C=CN1C. The molecule has 0 saturated heterocycles. The number of aliphatic hydroxyl groups is 1. The first-order valence-electron chi connectivity index (χ1n) is 9.79. The number of nitrogens with one attached hydrogen (secondary N) is 1. The van der Waals surface area contributed by atoms with Crippen LogP contribution >= 0.6 is 0 Å². The van der Waals surface area contributed by atoms with Crippen LogP contribution in [-0.2, 0) is 0 Å². The second kappa shape index (κ2) is 8.84. The van der Waals surface area contributed by atoms with Gasteiger partial charge in [-0.1, -0.05) is 12.1 Å². The summed E-state index contributed by atoms with van der Waals surface area (Å²) >= 11 is 0. The molecule has 0 saturated carbocycles. The van der Waals surface area contributed by atoms with Gasteiger partial charge in [-0.2, -0.15) is 0 Å². The van der Waals surface area contributed by atoms with Gasteiger partial charge in [0.15, 0.2) is 0 Å². The fourth-order valence-corrected chi connectivity index (χ4v) is 3.05. The molecule has 30 heavy (non-hydrogen) atoms. The van der Waals surface area contributed by atoms with Gasteiger partial charge >= 0.3 is 0 Å². The second-order valence-electron chi connectivity index (χ2n) is 7.00. The Labute approximate surface area is 175 Å². The highest BCUT2D eigenvalue weighted by Crippen LogP contribution is 2.28. The number of hydrogen-bond acceptors (Lipinski definition) is 7. The fraction of sp³-hybridized carbons (Fsp3) is 0.217. The zero-order valence-corrected chi connectivity index (χ0v) is 16.9. The van der Waals surface area contributed by atoms with Crippen LogP contribution in [0.4, 0.5) is 11.6 Å². The lowest BCUT2D eigenvalue weighted by molar-refractivity contribution is 0.202. The van der Waals surface area contributed by atoms with Crippen molar-refractivity contribution in [1.29, 1.82) is 0 Å². The van der Waals surface area contributed by atoms with Crippen LogP contribution in [-0.4, -0.2) is 46.3 Å². The number of para-hydroxylation sites is 2. The summed E-state index contributed by atoms with van der Waals surface area (Å²) in [6, 6.07) is 13.5. The van der Waals surface area contributed by atoms with Crippen LogP contribution in [0.15, 0.2) is 72.8 Å². The van der Waals surface area contributed by atoms with Crippen LogP contribution in [0.1, 0.15) is 6.92 Å². The molecule has 0 bridgehead atoms. The second-order valence-corrected chi connectivity index (χ2v) is 7.00. The van der Waals surface area contributed by atoms with E-state index in [1.807, 2.05) is 61.8 Å². The van der Waals surface area contributed by atoms with Gasteiger partial charge in [0.05, 0.1) is 17.8 Å². The molecule has 1 unspecified atom stereocenters. The van der Waals surface area contributed by atoms with Crippen LogP contribution in [0.25, 0.3) is 10.9 Å². The highest BCUT2D eigenvalue weighted by molar-refractivity contribution is 5.81. The van der Waals surface area contributed by atoms with Crippen molar-refractivity contribution in [3.05, 3.63) is 72.8 Å². The summed E-state index contributed by atoms with van der Waals surface area (Å²) in [7, 11) is 2.03. The maximum Gasteiger partial charge on any atom is 0.227 e. The van der Waals surface area contributed by atoms with Crippen LogP contribution in [0, 0.1) is 0 Å². The lowest BCUT2D eigenvalue weighted by Crippen LogP contribution is -2.25. The molecule has 1 aliphatic heterocycles. The lowest BCUT2D eigenvalue weighted by atomic mass is 10.2. The van der Waals surface area contributed by atoms with Crippen molar-refractivity contribution in [1.82, 2.24) is 14.9 Å². The van der Waals surface area contributed by atoms with Crippen molar-refractivity contribution in [2.45, 2.75) is 13.0 Å². The smallest absolute Gasteiger partial charge is 0.227 e. The van der Waals surface area contributed by atoms with Crippen molar-refractivity contribution in [2.24, 2.45) is 0 Å². The zero-order chi connectivity index (χ0) is 20.9. The predicted molar refractivity (Wildman–Crippen MR) is 117 cm³/mol. The fourth-order valence-electron chi connectivity index (χ4n) is 3.05. The molecule has 2 heterocycles. The highest BCUT2D eigenvalue weighted by atomic mass is 16.5. The average Bonchev–Trinajstić information content (AvgIpc) is 2.76. The number of aromatic nitrogens is 2. The first-order chi connectivity index (χ1) is 14.6. The lowest BCUT2D eigenvalue weighted by Gasteiger charge is -2.24. The minimum absolute atomic E-state index is 0.0481. The van der Waals surface area contributed by atoms with E-state index < -0.39 is 0 Å². The third-order valence-electron chi connectivity index (χ3n) is 4.79. The van der Waals surface area contributed by atoms with E-state index in [9.17, 15) is 0 Å². The Morgan fingerprint density at radius 1 is 1.20 bits per heavy atom. The zero-order valence-electron chi connectivity index (χ0n) is 16.9. The summed E-state index contributed by atoms with van der Waals surface area (Å²) in [5, 5.41) is 13.1. The molecule has 3 aromatic rings. The van der Waals surface area contributed by atoms with Gasteiger partial charge < -0.3 is 24.8 Å². The molecule has 1 aromatic heterocycles. The largest absolute Gasteiger partial charge is 0.489 e. The molecule has 7 heteroatoms. The molecule has 0 aliphatic carbocycles. The molecule has 0 amide bonds. The number of allylic oxidation sites excluding steroid dienone is 1. The topological polar surface area (TPSA) is 79.7 Å². The predicted octanol–water partition coefficient (Wildman–Crippen LogP) is 3.85. The van der Waals surface area contributed by atoms with Crippen LogP contribution < -0.4 is 14.8 Å². The Balaban J connectivity index is 1.51. The van der Waals surface area contributed by atoms with Gasteiger partial charge in [-0.05, 0) is 49.4 Å². The summed E-state index contributed by atoms with van der Waals surface area (Å²) < 4.78 is 11.6. The van der Waals surface area contributed by atoms with Crippen LogP contribution in [0.5, 0.6) is 11.5 Å². The maximum atomic E-state index is 8.99. The molecular formula is C23H24N4O3. The number of rotatable bonds is 7. The molecular weight excluding hydrogens is 380 g/mol. The average molecular weight is 404 g/mol. The van der Waals surface area contributed by atoms with E-state index in [4.69, 9.17) is 14.6 Å². The molecule has 7 nitrogen and oxygen atoms in total. The quantitative estimate of drug-likeness (QED) is 0.619. The Hall–Kier alpha value is -3.58. The van der Waals surface area contributed by atoms with Crippen molar-refractivity contribution < 1.29 is 14.6 Å². The highest BCUT2D eigenvalue weighted by Gasteiger charge is 2.11. The number of hydrogen-bond donors (Lipinski definition) is 2. The first-order valence-corrected chi connectivity index (χ1v) is 9.79.